The van der Waals surface area contributed by atoms with Crippen molar-refractivity contribution in [2.24, 2.45) is 0 Å². The maximum absolute atomic E-state index is 11.7. The summed E-state index contributed by atoms with van der Waals surface area (Å²) < 4.78 is 0. The second-order valence-corrected chi connectivity index (χ2v) is 3.51. The Bertz CT molecular complexity index is 429. The van der Waals surface area contributed by atoms with E-state index in [4.69, 9.17) is 0 Å². The number of amides is 1. The molecule has 0 aliphatic carbocycles. The van der Waals surface area contributed by atoms with Gasteiger partial charge >= 0.3 is 5.82 Å². The minimum absolute atomic E-state index is 0.195. The lowest BCUT2D eigenvalue weighted by molar-refractivity contribution is -0.389. The highest BCUT2D eigenvalue weighted by Crippen LogP contribution is 2.16. The lowest BCUT2D eigenvalue weighted by Crippen LogP contribution is -2.23. The highest BCUT2D eigenvalue weighted by molar-refractivity contribution is 5.95. The number of carbonyl (C=O) groups excluding carboxylic acids is 1. The quantitative estimate of drug-likeness (QED) is 0.570. The predicted octanol–water partition coefficient (Wildman–Crippen LogP) is 1.25. The summed E-state index contributed by atoms with van der Waals surface area (Å²) in [5.74, 6) is -0.425. The first-order valence-corrected chi connectivity index (χ1v) is 4.82. The molecule has 1 rings (SSSR count). The van der Waals surface area contributed by atoms with Gasteiger partial charge in [-0.2, -0.15) is 0 Å². The van der Waals surface area contributed by atoms with Gasteiger partial charge in [0.05, 0.1) is 5.56 Å². The third-order valence-corrected chi connectivity index (χ3v) is 2.18. The molecule has 6 heteroatoms. The van der Waals surface area contributed by atoms with Crippen molar-refractivity contribution < 1.29 is 9.72 Å². The number of hydrogen-bond donors (Lipinski definition) is 0. The van der Waals surface area contributed by atoms with Crippen molar-refractivity contribution >= 4 is 11.7 Å². The molecule has 0 aliphatic rings. The van der Waals surface area contributed by atoms with Crippen LogP contribution in [0.3, 0.4) is 0 Å². The van der Waals surface area contributed by atoms with Gasteiger partial charge < -0.3 is 15.0 Å². The summed E-state index contributed by atoms with van der Waals surface area (Å²) >= 11 is 0. The SMILES string of the molecule is CCc1cc([N+](=O)[O-])ncc1C(=O)N(C)C. The Labute approximate surface area is 93.1 Å². The van der Waals surface area contributed by atoms with Crippen molar-refractivity contribution in [2.75, 3.05) is 14.1 Å². The van der Waals surface area contributed by atoms with E-state index in [2.05, 4.69) is 4.98 Å². The van der Waals surface area contributed by atoms with Crippen LogP contribution in [0.5, 0.6) is 0 Å². The maximum Gasteiger partial charge on any atom is 0.363 e. The normalized spacial score (nSPS) is 9.94. The lowest BCUT2D eigenvalue weighted by Gasteiger charge is -2.11. The molecule has 0 saturated heterocycles. The highest BCUT2D eigenvalue weighted by atomic mass is 16.6. The van der Waals surface area contributed by atoms with E-state index >= 15 is 0 Å². The molecule has 1 aromatic heterocycles. The van der Waals surface area contributed by atoms with Gasteiger partial charge in [-0.1, -0.05) is 6.92 Å². The van der Waals surface area contributed by atoms with Crippen LogP contribution in [-0.4, -0.2) is 34.8 Å². The van der Waals surface area contributed by atoms with Gasteiger partial charge in [0, 0.05) is 20.2 Å². The number of hydrogen-bond acceptors (Lipinski definition) is 4. The van der Waals surface area contributed by atoms with Gasteiger partial charge in [0.2, 0.25) is 0 Å². The molecule has 86 valence electrons. The van der Waals surface area contributed by atoms with Crippen LogP contribution in [0.15, 0.2) is 12.3 Å². The molecule has 0 aromatic carbocycles. The van der Waals surface area contributed by atoms with Crippen molar-refractivity contribution in [3.05, 3.63) is 33.5 Å². The Kier molecular flexibility index (Phi) is 3.55. The average Bonchev–Trinajstić information content (AvgIpc) is 2.26. The first kappa shape index (κ1) is 12.1. The molecule has 6 nitrogen and oxygen atoms in total. The number of aromatic nitrogens is 1. The molecule has 16 heavy (non-hydrogen) atoms. The van der Waals surface area contributed by atoms with Crippen molar-refractivity contribution in [1.82, 2.24) is 9.88 Å². The van der Waals surface area contributed by atoms with Crippen LogP contribution in [0, 0.1) is 10.1 Å². The van der Waals surface area contributed by atoms with Crippen molar-refractivity contribution in [3.8, 4) is 0 Å². The Morgan fingerprint density at radius 2 is 2.19 bits per heavy atom. The van der Waals surface area contributed by atoms with E-state index in [1.54, 1.807) is 14.1 Å². The van der Waals surface area contributed by atoms with Crippen LogP contribution in [-0.2, 0) is 6.42 Å². The zero-order valence-electron chi connectivity index (χ0n) is 9.43. The van der Waals surface area contributed by atoms with Crippen LogP contribution in [0.2, 0.25) is 0 Å². The topological polar surface area (TPSA) is 76.3 Å². The summed E-state index contributed by atoms with van der Waals surface area (Å²) in [7, 11) is 3.26. The fourth-order valence-electron chi connectivity index (χ4n) is 1.31. The molecule has 1 heterocycles. The molecule has 0 unspecified atom stereocenters. The Balaban J connectivity index is 3.22. The average molecular weight is 223 g/mol. The summed E-state index contributed by atoms with van der Waals surface area (Å²) in [5, 5.41) is 10.5. The summed E-state index contributed by atoms with van der Waals surface area (Å²) in [5.41, 5.74) is 1.05. The van der Waals surface area contributed by atoms with E-state index in [0.717, 1.165) is 0 Å². The second-order valence-electron chi connectivity index (χ2n) is 3.51. The van der Waals surface area contributed by atoms with Crippen LogP contribution >= 0.6 is 0 Å². The van der Waals surface area contributed by atoms with Crippen LogP contribution in [0.25, 0.3) is 0 Å². The third kappa shape index (κ3) is 2.33. The van der Waals surface area contributed by atoms with Crippen molar-refractivity contribution in [2.45, 2.75) is 13.3 Å². The fourth-order valence-corrected chi connectivity index (χ4v) is 1.31. The van der Waals surface area contributed by atoms with Crippen molar-refractivity contribution in [3.63, 3.8) is 0 Å². The van der Waals surface area contributed by atoms with E-state index in [1.165, 1.54) is 17.2 Å². The van der Waals surface area contributed by atoms with Crippen LogP contribution in [0.4, 0.5) is 5.82 Å². The summed E-state index contributed by atoms with van der Waals surface area (Å²) in [6.45, 7) is 1.84. The number of aryl methyl sites for hydroxylation is 1. The van der Waals surface area contributed by atoms with Gasteiger partial charge in [-0.05, 0) is 21.9 Å². The first-order valence-electron chi connectivity index (χ1n) is 4.82. The Morgan fingerprint density at radius 1 is 1.56 bits per heavy atom. The van der Waals surface area contributed by atoms with E-state index in [0.29, 0.717) is 17.5 Å². The van der Waals surface area contributed by atoms with Gasteiger partial charge in [0.1, 0.15) is 0 Å². The van der Waals surface area contributed by atoms with Gasteiger partial charge in [-0.3, -0.25) is 4.79 Å². The van der Waals surface area contributed by atoms with Crippen LogP contribution in [0.1, 0.15) is 22.8 Å². The minimum atomic E-state index is -0.566. The first-order chi connectivity index (χ1) is 7.47. The number of pyridine rings is 1. The fraction of sp³-hybridized carbons (Fsp3) is 0.400. The number of rotatable bonds is 3. The molecular formula is C10H13N3O3. The smallest absolute Gasteiger partial charge is 0.358 e. The Hall–Kier alpha value is -1.98. The zero-order valence-corrected chi connectivity index (χ0v) is 9.43. The Morgan fingerprint density at radius 3 is 2.62 bits per heavy atom. The van der Waals surface area contributed by atoms with E-state index in [1.807, 2.05) is 6.92 Å². The van der Waals surface area contributed by atoms with Gasteiger partial charge in [-0.25, -0.2) is 0 Å². The molecule has 0 N–H and O–H groups in total. The summed E-state index contributed by atoms with van der Waals surface area (Å²) in [6, 6.07) is 1.34. The van der Waals surface area contributed by atoms with Crippen molar-refractivity contribution in [1.29, 1.82) is 0 Å². The van der Waals surface area contributed by atoms with E-state index in [-0.39, 0.29) is 11.7 Å². The highest BCUT2D eigenvalue weighted by Gasteiger charge is 2.18. The summed E-state index contributed by atoms with van der Waals surface area (Å²) in [4.78, 5) is 26.7. The monoisotopic (exact) mass is 223 g/mol. The maximum atomic E-state index is 11.7. The molecule has 0 bridgehead atoms. The molecule has 0 atom stereocenters. The van der Waals surface area contributed by atoms with Gasteiger partial charge in [-0.15, -0.1) is 0 Å². The third-order valence-electron chi connectivity index (χ3n) is 2.18. The van der Waals surface area contributed by atoms with Crippen LogP contribution < -0.4 is 0 Å². The minimum Gasteiger partial charge on any atom is -0.358 e. The molecule has 1 amide bonds. The second kappa shape index (κ2) is 4.69. The predicted molar refractivity (Wildman–Crippen MR) is 58.3 cm³/mol. The molecule has 0 radical (unpaired) electrons. The molecule has 0 fully saturated rings. The largest absolute Gasteiger partial charge is 0.363 e. The number of carbonyl (C=O) groups is 1. The van der Waals surface area contributed by atoms with Gasteiger partial charge in [0.15, 0.2) is 6.20 Å². The zero-order chi connectivity index (χ0) is 12.3. The molecule has 0 saturated carbocycles. The number of nitrogens with zero attached hydrogens (tertiary/aromatic N) is 3. The van der Waals surface area contributed by atoms with E-state index in [9.17, 15) is 14.9 Å². The van der Waals surface area contributed by atoms with Gasteiger partial charge in [0.25, 0.3) is 5.91 Å². The number of nitro groups is 1. The van der Waals surface area contributed by atoms with E-state index < -0.39 is 4.92 Å². The summed E-state index contributed by atoms with van der Waals surface area (Å²) in [6.07, 6.45) is 1.82. The lowest BCUT2D eigenvalue weighted by atomic mass is 10.1. The molecule has 0 spiro atoms. The molecule has 1 aromatic rings. The standard InChI is InChI=1S/C10H13N3O3/c1-4-7-5-9(13(15)16)11-6-8(7)10(14)12(2)3/h5-6H,4H2,1-3H3. The molecule has 0 aliphatic heterocycles. The molecular weight excluding hydrogens is 210 g/mol.